The fraction of sp³-hybridized carbons (Fsp3) is 0.333. The summed E-state index contributed by atoms with van der Waals surface area (Å²) in [6, 6.07) is 8.94. The van der Waals surface area contributed by atoms with Gasteiger partial charge in [0.1, 0.15) is 5.75 Å². The van der Waals surface area contributed by atoms with Crippen molar-refractivity contribution in [2.24, 2.45) is 5.73 Å². The van der Waals surface area contributed by atoms with Gasteiger partial charge in [0.25, 0.3) is 0 Å². The van der Waals surface area contributed by atoms with Crippen LogP contribution in [0, 0.1) is 26.6 Å². The van der Waals surface area contributed by atoms with Crippen LogP contribution in [-0.2, 0) is 6.42 Å². The molecule has 2 N–H and O–H groups in total. The first kappa shape index (κ1) is 15.5. The summed E-state index contributed by atoms with van der Waals surface area (Å²) in [6.07, 6.45) is 0.580. The van der Waals surface area contributed by atoms with Gasteiger partial charge in [-0.25, -0.2) is 4.39 Å². The molecule has 0 spiro atoms. The highest BCUT2D eigenvalue weighted by Gasteiger charge is 2.14. The third-order valence-electron chi connectivity index (χ3n) is 3.57. The van der Waals surface area contributed by atoms with Gasteiger partial charge < -0.3 is 10.5 Å². The van der Waals surface area contributed by atoms with Gasteiger partial charge in [0.15, 0.2) is 11.6 Å². The summed E-state index contributed by atoms with van der Waals surface area (Å²) in [6.45, 7) is 7.91. The predicted molar refractivity (Wildman–Crippen MR) is 84.5 cm³/mol. The molecule has 0 bridgehead atoms. The Morgan fingerprint density at radius 3 is 2.57 bits per heavy atom. The van der Waals surface area contributed by atoms with E-state index in [1.54, 1.807) is 6.07 Å². The Bertz CT molecular complexity index is 650. The number of nitrogens with two attached hydrogens (primary N) is 1. The van der Waals surface area contributed by atoms with Crippen molar-refractivity contribution in [3.8, 4) is 11.5 Å². The third-order valence-corrected chi connectivity index (χ3v) is 3.57. The van der Waals surface area contributed by atoms with Crippen LogP contribution in [0.25, 0.3) is 0 Å². The molecule has 1 atom stereocenters. The summed E-state index contributed by atoms with van der Waals surface area (Å²) in [5, 5.41) is 0. The standard InChI is InChI=1S/C18H22FNO/c1-11-8-12(2)14(4)17(9-11)21-18-15(10-13(3)20)6-5-7-16(18)19/h5-9,13H,10,20H2,1-4H3. The van der Waals surface area contributed by atoms with E-state index in [0.717, 1.165) is 22.3 Å². The second-order valence-electron chi connectivity index (χ2n) is 5.72. The maximum atomic E-state index is 14.2. The Morgan fingerprint density at radius 1 is 1.19 bits per heavy atom. The number of aryl methyl sites for hydroxylation is 2. The second kappa shape index (κ2) is 6.27. The second-order valence-corrected chi connectivity index (χ2v) is 5.72. The molecule has 1 unspecified atom stereocenters. The molecule has 0 aromatic heterocycles. The number of hydrogen-bond donors (Lipinski definition) is 1. The highest BCUT2D eigenvalue weighted by atomic mass is 19.1. The van der Waals surface area contributed by atoms with Crippen molar-refractivity contribution in [3.63, 3.8) is 0 Å². The Kier molecular flexibility index (Phi) is 4.63. The summed E-state index contributed by atoms with van der Waals surface area (Å²) >= 11 is 0. The summed E-state index contributed by atoms with van der Waals surface area (Å²) in [4.78, 5) is 0. The molecular formula is C18H22FNO. The van der Waals surface area contributed by atoms with Crippen molar-refractivity contribution in [1.29, 1.82) is 0 Å². The van der Waals surface area contributed by atoms with Crippen molar-refractivity contribution in [3.05, 3.63) is 58.4 Å². The smallest absolute Gasteiger partial charge is 0.166 e. The molecule has 2 nitrogen and oxygen atoms in total. The van der Waals surface area contributed by atoms with Crippen LogP contribution in [0.3, 0.4) is 0 Å². The average molecular weight is 287 g/mol. The van der Waals surface area contributed by atoms with Crippen LogP contribution in [0.4, 0.5) is 4.39 Å². The molecule has 0 aliphatic rings. The fourth-order valence-electron chi connectivity index (χ4n) is 2.39. The monoisotopic (exact) mass is 287 g/mol. The summed E-state index contributed by atoms with van der Waals surface area (Å²) in [7, 11) is 0. The van der Waals surface area contributed by atoms with E-state index in [4.69, 9.17) is 10.5 Å². The minimum Gasteiger partial charge on any atom is -0.454 e. The van der Waals surface area contributed by atoms with Gasteiger partial charge in [-0.2, -0.15) is 0 Å². The van der Waals surface area contributed by atoms with Gasteiger partial charge in [-0.1, -0.05) is 18.2 Å². The molecule has 2 rings (SSSR count). The Balaban J connectivity index is 2.44. The maximum Gasteiger partial charge on any atom is 0.166 e. The number of rotatable bonds is 4. The zero-order chi connectivity index (χ0) is 15.6. The van der Waals surface area contributed by atoms with E-state index in [1.165, 1.54) is 6.07 Å². The van der Waals surface area contributed by atoms with Gasteiger partial charge >= 0.3 is 0 Å². The zero-order valence-corrected chi connectivity index (χ0v) is 13.0. The molecule has 0 amide bonds. The van der Waals surface area contributed by atoms with Crippen molar-refractivity contribution in [2.45, 2.75) is 40.2 Å². The number of para-hydroxylation sites is 1. The molecule has 112 valence electrons. The molecule has 0 aliphatic heterocycles. The topological polar surface area (TPSA) is 35.2 Å². The van der Waals surface area contributed by atoms with Gasteiger partial charge in [-0.15, -0.1) is 0 Å². The van der Waals surface area contributed by atoms with Crippen molar-refractivity contribution in [2.75, 3.05) is 0 Å². The van der Waals surface area contributed by atoms with E-state index in [2.05, 4.69) is 6.07 Å². The lowest BCUT2D eigenvalue weighted by Crippen LogP contribution is -2.18. The molecule has 0 aliphatic carbocycles. The molecule has 0 heterocycles. The van der Waals surface area contributed by atoms with Crippen LogP contribution >= 0.6 is 0 Å². The quantitative estimate of drug-likeness (QED) is 0.902. The molecule has 0 saturated carbocycles. The van der Waals surface area contributed by atoms with Crippen molar-refractivity contribution in [1.82, 2.24) is 0 Å². The number of halogens is 1. The van der Waals surface area contributed by atoms with E-state index in [0.29, 0.717) is 12.2 Å². The van der Waals surface area contributed by atoms with Crippen molar-refractivity contribution >= 4 is 0 Å². The number of hydrogen-bond acceptors (Lipinski definition) is 2. The lowest BCUT2D eigenvalue weighted by molar-refractivity contribution is 0.431. The lowest BCUT2D eigenvalue weighted by atomic mass is 10.0. The SMILES string of the molecule is Cc1cc(C)c(C)c(Oc2c(F)cccc2CC(C)N)c1. The average Bonchev–Trinajstić information content (AvgIpc) is 2.38. The Labute approximate surface area is 125 Å². The third kappa shape index (κ3) is 3.61. The molecule has 2 aromatic carbocycles. The van der Waals surface area contributed by atoms with Crippen molar-refractivity contribution < 1.29 is 9.13 Å². The Hall–Kier alpha value is -1.87. The highest BCUT2D eigenvalue weighted by Crippen LogP contribution is 2.33. The van der Waals surface area contributed by atoms with Crippen LogP contribution in [0.5, 0.6) is 11.5 Å². The molecule has 21 heavy (non-hydrogen) atoms. The van der Waals surface area contributed by atoms with Gasteiger partial charge in [-0.05, 0) is 68.5 Å². The molecule has 0 saturated heterocycles. The highest BCUT2D eigenvalue weighted by molar-refractivity contribution is 5.46. The van der Waals surface area contributed by atoms with Gasteiger partial charge in [-0.3, -0.25) is 0 Å². The van der Waals surface area contributed by atoms with Gasteiger partial charge in [0.2, 0.25) is 0 Å². The first-order chi connectivity index (χ1) is 9.88. The molecule has 0 radical (unpaired) electrons. The molecular weight excluding hydrogens is 265 g/mol. The first-order valence-corrected chi connectivity index (χ1v) is 7.17. The summed E-state index contributed by atoms with van der Waals surface area (Å²) in [5.74, 6) is 0.623. The van der Waals surface area contributed by atoms with E-state index < -0.39 is 0 Å². The van der Waals surface area contributed by atoms with E-state index in [1.807, 2.05) is 39.8 Å². The number of benzene rings is 2. The van der Waals surface area contributed by atoms with Gasteiger partial charge in [0, 0.05) is 6.04 Å². The summed E-state index contributed by atoms with van der Waals surface area (Å²) in [5.41, 5.74) is 9.89. The minimum atomic E-state index is -0.355. The van der Waals surface area contributed by atoms with Gasteiger partial charge in [0.05, 0.1) is 0 Å². The largest absolute Gasteiger partial charge is 0.454 e. The summed E-state index contributed by atoms with van der Waals surface area (Å²) < 4.78 is 20.1. The maximum absolute atomic E-state index is 14.2. The number of ether oxygens (including phenoxy) is 1. The molecule has 0 fully saturated rings. The molecule has 3 heteroatoms. The van der Waals surface area contributed by atoms with Crippen LogP contribution in [-0.4, -0.2) is 6.04 Å². The van der Waals surface area contributed by atoms with E-state index in [-0.39, 0.29) is 17.6 Å². The van der Waals surface area contributed by atoms with E-state index in [9.17, 15) is 4.39 Å². The first-order valence-electron chi connectivity index (χ1n) is 7.17. The zero-order valence-electron chi connectivity index (χ0n) is 13.0. The Morgan fingerprint density at radius 2 is 1.90 bits per heavy atom. The van der Waals surface area contributed by atoms with Crippen LogP contribution in [0.15, 0.2) is 30.3 Å². The van der Waals surface area contributed by atoms with Crippen LogP contribution in [0.1, 0.15) is 29.2 Å². The predicted octanol–water partition coefficient (Wildman–Crippen LogP) is 4.43. The molecule has 2 aromatic rings. The van der Waals surface area contributed by atoms with E-state index >= 15 is 0 Å². The van der Waals surface area contributed by atoms with Crippen LogP contribution < -0.4 is 10.5 Å². The minimum absolute atomic E-state index is 0.0468. The normalized spacial score (nSPS) is 12.3. The fourth-order valence-corrected chi connectivity index (χ4v) is 2.39. The van der Waals surface area contributed by atoms with Crippen LogP contribution in [0.2, 0.25) is 0 Å². The lowest BCUT2D eigenvalue weighted by Gasteiger charge is -2.16.